The van der Waals surface area contributed by atoms with Gasteiger partial charge in [0.05, 0.1) is 0 Å². The molecule has 0 spiro atoms. The number of unbranched alkanes of at least 4 members (excludes halogenated alkanes) is 3. The Hall–Kier alpha value is -1.18. The third kappa shape index (κ3) is 10.9. The van der Waals surface area contributed by atoms with Crippen LogP contribution in [0.3, 0.4) is 0 Å². The molecule has 0 aromatic heterocycles. The van der Waals surface area contributed by atoms with E-state index in [2.05, 4.69) is 37.2 Å². The zero-order chi connectivity index (χ0) is 12.1. The summed E-state index contributed by atoms with van der Waals surface area (Å²) in [6.45, 7) is 8.21. The third-order valence-corrected chi connectivity index (χ3v) is 1.99. The van der Waals surface area contributed by atoms with Crippen LogP contribution in [0.15, 0.2) is 12.7 Å². The first kappa shape index (κ1) is 14.8. The lowest BCUT2D eigenvalue weighted by atomic mass is 10.2. The molecule has 0 N–H and O–H groups in total. The number of rotatable bonds is 6. The Bertz CT molecular complexity index is 282. The minimum Gasteiger partial charge on any atom is -0.353 e. The highest BCUT2D eigenvalue weighted by Crippen LogP contribution is 1.97. The van der Waals surface area contributed by atoms with Gasteiger partial charge in [-0.2, -0.15) is 0 Å². The maximum absolute atomic E-state index is 5.41. The molecule has 1 heteroatoms. The normalized spacial score (nSPS) is 10.6. The fourth-order valence-electron chi connectivity index (χ4n) is 1.08. The lowest BCUT2D eigenvalue weighted by molar-refractivity contribution is 0.134. The molecule has 0 saturated carbocycles. The second-order valence-electron chi connectivity index (χ2n) is 3.58. The summed E-state index contributed by atoms with van der Waals surface area (Å²) in [5, 5.41) is 0. The minimum atomic E-state index is -0.0142. The molecule has 0 heterocycles. The Morgan fingerprint density at radius 2 is 2.06 bits per heavy atom. The van der Waals surface area contributed by atoms with Gasteiger partial charge < -0.3 is 4.74 Å². The van der Waals surface area contributed by atoms with Gasteiger partial charge in [-0.25, -0.2) is 0 Å². The topological polar surface area (TPSA) is 9.23 Å². The Kier molecular flexibility index (Phi) is 11.0. The highest BCUT2D eigenvalue weighted by atomic mass is 16.5. The first-order chi connectivity index (χ1) is 7.81. The number of ether oxygens (including phenoxy) is 1. The van der Waals surface area contributed by atoms with Crippen LogP contribution in [0.4, 0.5) is 0 Å². The molecule has 0 aliphatic rings. The maximum atomic E-state index is 5.41. The summed E-state index contributed by atoms with van der Waals surface area (Å²) in [5.41, 5.74) is 0. The molecule has 0 saturated heterocycles. The van der Waals surface area contributed by atoms with Crippen molar-refractivity contribution in [3.63, 3.8) is 0 Å². The van der Waals surface area contributed by atoms with Crippen LogP contribution in [0, 0.1) is 23.7 Å². The quantitative estimate of drug-likeness (QED) is 0.376. The first-order valence-electron chi connectivity index (χ1n) is 5.97. The van der Waals surface area contributed by atoms with E-state index in [-0.39, 0.29) is 6.10 Å². The molecule has 0 aliphatic carbocycles. The van der Waals surface area contributed by atoms with Crippen LogP contribution in [-0.2, 0) is 4.74 Å². The number of hydrogen-bond donors (Lipinski definition) is 0. The van der Waals surface area contributed by atoms with Crippen molar-refractivity contribution in [2.45, 2.75) is 52.1 Å². The fourth-order valence-corrected chi connectivity index (χ4v) is 1.08. The number of hydrogen-bond acceptors (Lipinski definition) is 1. The van der Waals surface area contributed by atoms with Crippen molar-refractivity contribution in [2.75, 3.05) is 6.61 Å². The van der Waals surface area contributed by atoms with Gasteiger partial charge in [0, 0.05) is 12.8 Å². The van der Waals surface area contributed by atoms with Crippen molar-refractivity contribution in [2.24, 2.45) is 0 Å². The second kappa shape index (κ2) is 11.9. The highest BCUT2D eigenvalue weighted by molar-refractivity contribution is 5.06. The summed E-state index contributed by atoms with van der Waals surface area (Å²) >= 11 is 0. The van der Waals surface area contributed by atoms with E-state index in [1.54, 1.807) is 6.08 Å². The van der Waals surface area contributed by atoms with Gasteiger partial charge >= 0.3 is 0 Å². The van der Waals surface area contributed by atoms with Gasteiger partial charge in [-0.15, -0.1) is 12.5 Å². The summed E-state index contributed by atoms with van der Waals surface area (Å²) in [5.74, 6) is 12.1. The molecule has 1 unspecified atom stereocenters. The molecule has 0 aromatic carbocycles. The van der Waals surface area contributed by atoms with Crippen molar-refractivity contribution in [1.82, 2.24) is 0 Å². The van der Waals surface area contributed by atoms with Crippen LogP contribution in [0.25, 0.3) is 0 Å². The van der Waals surface area contributed by atoms with E-state index in [0.717, 1.165) is 12.8 Å². The SMILES string of the molecule is C=CCC#CCOC(C)C#CCCCCC. The molecule has 0 rings (SSSR count). The molecule has 1 nitrogen and oxygen atoms in total. The van der Waals surface area contributed by atoms with Gasteiger partial charge in [0.2, 0.25) is 0 Å². The van der Waals surface area contributed by atoms with Crippen LogP contribution >= 0.6 is 0 Å². The van der Waals surface area contributed by atoms with Crippen LogP contribution in [0.1, 0.15) is 46.0 Å². The van der Waals surface area contributed by atoms with Crippen molar-refractivity contribution in [3.05, 3.63) is 12.7 Å². The predicted octanol–water partition coefficient (Wildman–Crippen LogP) is 3.55. The molecule has 0 bridgehead atoms. The smallest absolute Gasteiger partial charge is 0.116 e. The third-order valence-electron chi connectivity index (χ3n) is 1.99. The summed E-state index contributed by atoms with van der Waals surface area (Å²) in [6, 6.07) is 0. The molecule has 0 radical (unpaired) electrons. The second-order valence-corrected chi connectivity index (χ2v) is 3.58. The fraction of sp³-hybridized carbons (Fsp3) is 0.600. The number of allylic oxidation sites excluding steroid dienone is 1. The minimum absolute atomic E-state index is 0.0142. The standard InChI is InChI=1S/C15H22O/c1-4-6-8-10-11-13-15(3)16-14-12-9-7-5-2/h5,15H,2,4,6-8,10,14H2,1,3H3. The monoisotopic (exact) mass is 218 g/mol. The molecule has 1 atom stereocenters. The summed E-state index contributed by atoms with van der Waals surface area (Å²) in [4.78, 5) is 0. The largest absolute Gasteiger partial charge is 0.353 e. The van der Waals surface area contributed by atoms with Crippen LogP contribution < -0.4 is 0 Å². The van der Waals surface area contributed by atoms with Crippen molar-refractivity contribution < 1.29 is 4.74 Å². The molecular weight excluding hydrogens is 196 g/mol. The van der Waals surface area contributed by atoms with Gasteiger partial charge in [-0.05, 0) is 13.3 Å². The van der Waals surface area contributed by atoms with Gasteiger partial charge in [-0.3, -0.25) is 0 Å². The van der Waals surface area contributed by atoms with E-state index in [4.69, 9.17) is 4.74 Å². The summed E-state index contributed by atoms with van der Waals surface area (Å²) in [7, 11) is 0. The Balaban J connectivity index is 3.53. The lowest BCUT2D eigenvalue weighted by Crippen LogP contribution is -2.04. The van der Waals surface area contributed by atoms with E-state index < -0.39 is 0 Å². The molecular formula is C15H22O. The zero-order valence-corrected chi connectivity index (χ0v) is 10.5. The zero-order valence-electron chi connectivity index (χ0n) is 10.5. The van der Waals surface area contributed by atoms with E-state index >= 15 is 0 Å². The first-order valence-corrected chi connectivity index (χ1v) is 5.97. The van der Waals surface area contributed by atoms with E-state index in [9.17, 15) is 0 Å². The molecule has 16 heavy (non-hydrogen) atoms. The summed E-state index contributed by atoms with van der Waals surface area (Å²) in [6.07, 6.45) is 7.16. The van der Waals surface area contributed by atoms with Gasteiger partial charge in [0.1, 0.15) is 12.7 Å². The lowest BCUT2D eigenvalue weighted by Gasteiger charge is -2.01. The van der Waals surface area contributed by atoms with E-state index in [0.29, 0.717) is 6.61 Å². The van der Waals surface area contributed by atoms with Crippen molar-refractivity contribution >= 4 is 0 Å². The Morgan fingerprint density at radius 3 is 2.75 bits per heavy atom. The average Bonchev–Trinajstić information content (AvgIpc) is 2.28. The van der Waals surface area contributed by atoms with Crippen molar-refractivity contribution in [1.29, 1.82) is 0 Å². The average molecular weight is 218 g/mol. The van der Waals surface area contributed by atoms with Gasteiger partial charge in [0.25, 0.3) is 0 Å². The molecule has 88 valence electrons. The van der Waals surface area contributed by atoms with Gasteiger partial charge in [-0.1, -0.05) is 43.6 Å². The highest BCUT2D eigenvalue weighted by Gasteiger charge is 1.92. The Morgan fingerprint density at radius 1 is 1.25 bits per heavy atom. The van der Waals surface area contributed by atoms with Crippen LogP contribution in [0.2, 0.25) is 0 Å². The molecule has 0 fully saturated rings. The summed E-state index contributed by atoms with van der Waals surface area (Å²) < 4.78 is 5.41. The van der Waals surface area contributed by atoms with E-state index in [1.165, 1.54) is 19.3 Å². The molecule has 0 amide bonds. The Labute approximate surface area is 100 Å². The maximum Gasteiger partial charge on any atom is 0.116 e. The predicted molar refractivity (Wildman–Crippen MR) is 69.9 cm³/mol. The van der Waals surface area contributed by atoms with Crippen LogP contribution in [0.5, 0.6) is 0 Å². The van der Waals surface area contributed by atoms with E-state index in [1.807, 2.05) is 6.92 Å². The van der Waals surface area contributed by atoms with Crippen molar-refractivity contribution in [3.8, 4) is 23.7 Å². The molecule has 0 aromatic rings. The molecule has 0 aliphatic heterocycles. The van der Waals surface area contributed by atoms with Crippen LogP contribution in [-0.4, -0.2) is 12.7 Å². The van der Waals surface area contributed by atoms with Gasteiger partial charge in [0.15, 0.2) is 0 Å².